The molecule has 1 heterocycles. The second-order valence-corrected chi connectivity index (χ2v) is 4.96. The van der Waals surface area contributed by atoms with Gasteiger partial charge in [-0.3, -0.25) is 9.59 Å². The third kappa shape index (κ3) is 4.42. The number of carbonyl (C=O) groups is 3. The van der Waals surface area contributed by atoms with Crippen molar-refractivity contribution in [3.05, 3.63) is 47.8 Å². The van der Waals surface area contributed by atoms with Gasteiger partial charge in [0.05, 0.1) is 17.8 Å². The molecule has 0 radical (unpaired) electrons. The first-order chi connectivity index (χ1) is 11.5. The number of benzene rings is 1. The minimum Gasteiger partial charge on any atom is -0.452 e. The Hall–Kier alpha value is -3.16. The highest BCUT2D eigenvalue weighted by atomic mass is 16.5. The van der Waals surface area contributed by atoms with E-state index in [1.165, 1.54) is 7.05 Å². The molecule has 2 rings (SSSR count). The van der Waals surface area contributed by atoms with Gasteiger partial charge in [-0.25, -0.2) is 9.48 Å². The molecule has 8 nitrogen and oxygen atoms in total. The van der Waals surface area contributed by atoms with Crippen LogP contribution in [-0.2, 0) is 14.3 Å². The molecule has 0 saturated heterocycles. The highest BCUT2D eigenvalue weighted by molar-refractivity contribution is 5.92. The summed E-state index contributed by atoms with van der Waals surface area (Å²) < 4.78 is 6.64. The van der Waals surface area contributed by atoms with E-state index in [1.807, 2.05) is 13.0 Å². The monoisotopic (exact) mass is 330 g/mol. The summed E-state index contributed by atoms with van der Waals surface area (Å²) in [6.45, 7) is 1.31. The van der Waals surface area contributed by atoms with Gasteiger partial charge >= 0.3 is 5.97 Å². The number of hydrogen-bond acceptors (Lipinski definition) is 5. The van der Waals surface area contributed by atoms with Gasteiger partial charge in [0, 0.05) is 18.9 Å². The number of ether oxygens (including phenoxy) is 1. The van der Waals surface area contributed by atoms with Crippen LogP contribution in [0, 0.1) is 6.92 Å². The van der Waals surface area contributed by atoms with E-state index in [2.05, 4.69) is 15.7 Å². The molecule has 1 aromatic heterocycles. The quantitative estimate of drug-likeness (QED) is 0.737. The van der Waals surface area contributed by atoms with Gasteiger partial charge in [-0.15, -0.1) is 0 Å². The Morgan fingerprint density at radius 3 is 2.42 bits per heavy atom. The Labute approximate surface area is 138 Å². The maximum absolute atomic E-state index is 11.9. The van der Waals surface area contributed by atoms with E-state index in [0.717, 1.165) is 11.4 Å². The molecule has 0 saturated carbocycles. The summed E-state index contributed by atoms with van der Waals surface area (Å²) in [4.78, 5) is 34.4. The first-order valence-corrected chi connectivity index (χ1v) is 7.26. The van der Waals surface area contributed by atoms with E-state index in [4.69, 9.17) is 4.74 Å². The average molecular weight is 330 g/mol. The van der Waals surface area contributed by atoms with Crippen molar-refractivity contribution in [1.82, 2.24) is 20.4 Å². The van der Waals surface area contributed by atoms with E-state index in [-0.39, 0.29) is 12.5 Å². The maximum Gasteiger partial charge on any atom is 0.338 e. The molecule has 2 amide bonds. The summed E-state index contributed by atoms with van der Waals surface area (Å²) in [5.74, 6) is -1.50. The second-order valence-electron chi connectivity index (χ2n) is 4.96. The zero-order valence-electron chi connectivity index (χ0n) is 13.4. The molecule has 1 aromatic carbocycles. The Balaban J connectivity index is 1.88. The number of esters is 1. The van der Waals surface area contributed by atoms with Crippen molar-refractivity contribution < 1.29 is 19.1 Å². The van der Waals surface area contributed by atoms with Gasteiger partial charge in [-0.05, 0) is 37.3 Å². The van der Waals surface area contributed by atoms with Gasteiger partial charge in [0.2, 0.25) is 5.91 Å². The molecule has 0 aliphatic rings. The highest BCUT2D eigenvalue weighted by Crippen LogP contribution is 2.12. The van der Waals surface area contributed by atoms with Crippen LogP contribution < -0.4 is 10.6 Å². The standard InChI is InChI=1S/C16H18N4O4/c1-11-7-8-19-20(11)13-5-3-12(4-6-13)16(23)24-10-15(22)18-9-14(21)17-2/h3-8H,9-10H2,1-2H3,(H,17,21)(H,18,22). The van der Waals surface area contributed by atoms with Crippen LogP contribution in [0.3, 0.4) is 0 Å². The van der Waals surface area contributed by atoms with Crippen LogP contribution in [0.1, 0.15) is 16.1 Å². The Morgan fingerprint density at radius 2 is 1.83 bits per heavy atom. The van der Waals surface area contributed by atoms with Gasteiger partial charge in [-0.1, -0.05) is 0 Å². The molecule has 0 aliphatic carbocycles. The summed E-state index contributed by atoms with van der Waals surface area (Å²) in [6.07, 6.45) is 1.69. The number of rotatable bonds is 6. The van der Waals surface area contributed by atoms with Crippen molar-refractivity contribution in [3.63, 3.8) is 0 Å². The van der Waals surface area contributed by atoms with Gasteiger partial charge in [0.25, 0.3) is 5.91 Å². The fourth-order valence-electron chi connectivity index (χ4n) is 1.91. The lowest BCUT2D eigenvalue weighted by Gasteiger charge is -2.07. The van der Waals surface area contributed by atoms with Gasteiger partial charge in [-0.2, -0.15) is 5.10 Å². The van der Waals surface area contributed by atoms with E-state index in [0.29, 0.717) is 5.56 Å². The Kier molecular flexibility index (Phi) is 5.67. The van der Waals surface area contributed by atoms with Crippen LogP contribution in [0.2, 0.25) is 0 Å². The number of aromatic nitrogens is 2. The summed E-state index contributed by atoms with van der Waals surface area (Å²) in [7, 11) is 1.46. The molecule has 0 atom stereocenters. The van der Waals surface area contributed by atoms with Crippen molar-refractivity contribution >= 4 is 17.8 Å². The van der Waals surface area contributed by atoms with Crippen molar-refractivity contribution in [2.75, 3.05) is 20.2 Å². The number of carbonyl (C=O) groups excluding carboxylic acids is 3. The molecule has 2 aromatic rings. The molecule has 24 heavy (non-hydrogen) atoms. The molecular weight excluding hydrogens is 312 g/mol. The normalized spacial score (nSPS) is 10.1. The summed E-state index contributed by atoms with van der Waals surface area (Å²) in [6, 6.07) is 8.55. The molecule has 2 N–H and O–H groups in total. The molecule has 0 aliphatic heterocycles. The third-order valence-corrected chi connectivity index (χ3v) is 3.24. The number of amides is 2. The van der Waals surface area contributed by atoms with Crippen LogP contribution in [0.4, 0.5) is 0 Å². The van der Waals surface area contributed by atoms with Gasteiger partial charge in [0.15, 0.2) is 6.61 Å². The van der Waals surface area contributed by atoms with E-state index in [9.17, 15) is 14.4 Å². The van der Waals surface area contributed by atoms with Crippen LogP contribution in [-0.4, -0.2) is 47.8 Å². The van der Waals surface area contributed by atoms with E-state index >= 15 is 0 Å². The first kappa shape index (κ1) is 17.2. The van der Waals surface area contributed by atoms with Crippen molar-refractivity contribution in [1.29, 1.82) is 0 Å². The number of hydrogen-bond donors (Lipinski definition) is 2. The van der Waals surface area contributed by atoms with Crippen LogP contribution in [0.25, 0.3) is 5.69 Å². The first-order valence-electron chi connectivity index (χ1n) is 7.26. The molecule has 0 bridgehead atoms. The number of nitrogens with zero attached hydrogens (tertiary/aromatic N) is 2. The molecule has 126 valence electrons. The lowest BCUT2D eigenvalue weighted by Crippen LogP contribution is -2.37. The van der Waals surface area contributed by atoms with Crippen molar-refractivity contribution in [3.8, 4) is 5.69 Å². The Morgan fingerprint density at radius 1 is 1.12 bits per heavy atom. The zero-order chi connectivity index (χ0) is 17.5. The Bertz CT molecular complexity index is 737. The number of likely N-dealkylation sites (N-methyl/N-ethyl adjacent to an activating group) is 1. The van der Waals surface area contributed by atoms with Crippen molar-refractivity contribution in [2.45, 2.75) is 6.92 Å². The van der Waals surface area contributed by atoms with Crippen LogP contribution in [0.15, 0.2) is 36.5 Å². The highest BCUT2D eigenvalue weighted by Gasteiger charge is 2.11. The van der Waals surface area contributed by atoms with Crippen molar-refractivity contribution in [2.24, 2.45) is 0 Å². The fraction of sp³-hybridized carbons (Fsp3) is 0.250. The molecular formula is C16H18N4O4. The largest absolute Gasteiger partial charge is 0.452 e. The van der Waals surface area contributed by atoms with Crippen LogP contribution in [0.5, 0.6) is 0 Å². The zero-order valence-corrected chi connectivity index (χ0v) is 13.4. The smallest absolute Gasteiger partial charge is 0.338 e. The predicted molar refractivity (Wildman–Crippen MR) is 85.7 cm³/mol. The number of nitrogens with one attached hydrogen (secondary N) is 2. The van der Waals surface area contributed by atoms with E-state index in [1.54, 1.807) is 35.1 Å². The fourth-order valence-corrected chi connectivity index (χ4v) is 1.91. The number of aryl methyl sites for hydroxylation is 1. The van der Waals surface area contributed by atoms with Gasteiger partial charge < -0.3 is 15.4 Å². The third-order valence-electron chi connectivity index (χ3n) is 3.24. The molecule has 8 heteroatoms. The van der Waals surface area contributed by atoms with Gasteiger partial charge in [0.1, 0.15) is 0 Å². The summed E-state index contributed by atoms with van der Waals surface area (Å²) >= 11 is 0. The lowest BCUT2D eigenvalue weighted by molar-refractivity contribution is -0.127. The molecule has 0 fully saturated rings. The topological polar surface area (TPSA) is 102 Å². The average Bonchev–Trinajstić information content (AvgIpc) is 3.03. The molecule has 0 spiro atoms. The summed E-state index contributed by atoms with van der Waals surface area (Å²) in [5, 5.41) is 8.87. The van der Waals surface area contributed by atoms with E-state index < -0.39 is 18.5 Å². The van der Waals surface area contributed by atoms with Crippen LogP contribution >= 0.6 is 0 Å². The minimum absolute atomic E-state index is 0.162. The minimum atomic E-state index is -0.617. The molecule has 0 unspecified atom stereocenters. The lowest BCUT2D eigenvalue weighted by atomic mass is 10.2. The maximum atomic E-state index is 11.9. The SMILES string of the molecule is CNC(=O)CNC(=O)COC(=O)c1ccc(-n2nccc2C)cc1. The predicted octanol–water partition coefficient (Wildman–Crippen LogP) is 0.200. The second kappa shape index (κ2) is 7.91. The summed E-state index contributed by atoms with van der Waals surface area (Å²) in [5.41, 5.74) is 2.11.